The molecule has 7 nitrogen and oxygen atoms in total. The first-order valence-corrected chi connectivity index (χ1v) is 10.0. The lowest BCUT2D eigenvalue weighted by Crippen LogP contribution is -2.37. The Morgan fingerprint density at radius 2 is 2.11 bits per heavy atom. The van der Waals surface area contributed by atoms with E-state index in [1.165, 1.54) is 0 Å². The molecule has 1 fully saturated rings. The maximum absolute atomic E-state index is 12.4. The normalized spacial score (nSPS) is 15.2. The van der Waals surface area contributed by atoms with Gasteiger partial charge < -0.3 is 14.6 Å². The van der Waals surface area contributed by atoms with Crippen molar-refractivity contribution in [2.75, 3.05) is 18.4 Å². The van der Waals surface area contributed by atoms with Crippen LogP contribution in [0.4, 0.5) is 10.9 Å². The Bertz CT molecular complexity index is 959. The molecule has 1 N–H and O–H groups in total. The molecule has 144 valence electrons. The smallest absolute Gasteiger partial charge is 0.246 e. The SMILES string of the molecule is Cc1cnc(Nc2nccnc2C2CCN(C(=O)C=Cc3ccco3)CC2)s1. The van der Waals surface area contributed by atoms with E-state index in [0.717, 1.165) is 34.4 Å². The van der Waals surface area contributed by atoms with Crippen molar-refractivity contribution in [3.63, 3.8) is 0 Å². The third-order valence-electron chi connectivity index (χ3n) is 4.70. The highest BCUT2D eigenvalue weighted by atomic mass is 32.1. The minimum absolute atomic E-state index is 0.00519. The highest BCUT2D eigenvalue weighted by Crippen LogP contribution is 2.32. The first kappa shape index (κ1) is 18.4. The van der Waals surface area contributed by atoms with E-state index in [4.69, 9.17) is 4.42 Å². The second-order valence-electron chi connectivity index (χ2n) is 6.64. The average molecular weight is 395 g/mol. The summed E-state index contributed by atoms with van der Waals surface area (Å²) >= 11 is 1.59. The van der Waals surface area contributed by atoms with Gasteiger partial charge >= 0.3 is 0 Å². The summed E-state index contributed by atoms with van der Waals surface area (Å²) < 4.78 is 5.23. The summed E-state index contributed by atoms with van der Waals surface area (Å²) in [6.45, 7) is 3.41. The van der Waals surface area contributed by atoms with Crippen molar-refractivity contribution < 1.29 is 9.21 Å². The van der Waals surface area contributed by atoms with Crippen LogP contribution in [-0.2, 0) is 4.79 Å². The van der Waals surface area contributed by atoms with Crippen LogP contribution in [0.5, 0.6) is 0 Å². The number of piperidine rings is 1. The van der Waals surface area contributed by atoms with Gasteiger partial charge in [-0.15, -0.1) is 11.3 Å². The predicted molar refractivity (Wildman–Crippen MR) is 108 cm³/mol. The van der Waals surface area contributed by atoms with Gasteiger partial charge in [0.25, 0.3) is 0 Å². The molecule has 1 aliphatic rings. The number of hydrogen-bond donors (Lipinski definition) is 1. The monoisotopic (exact) mass is 395 g/mol. The largest absolute Gasteiger partial charge is 0.465 e. The van der Waals surface area contributed by atoms with Crippen molar-refractivity contribution in [2.24, 2.45) is 0 Å². The average Bonchev–Trinajstić information content (AvgIpc) is 3.38. The molecule has 0 aliphatic carbocycles. The molecule has 8 heteroatoms. The van der Waals surface area contributed by atoms with Crippen molar-refractivity contribution in [1.29, 1.82) is 0 Å². The molecule has 0 unspecified atom stereocenters. The molecule has 0 aromatic carbocycles. The molecule has 4 rings (SSSR count). The Morgan fingerprint density at radius 3 is 2.82 bits per heavy atom. The van der Waals surface area contributed by atoms with Gasteiger partial charge in [0, 0.05) is 48.6 Å². The van der Waals surface area contributed by atoms with Crippen LogP contribution in [0, 0.1) is 6.92 Å². The fourth-order valence-corrected chi connectivity index (χ4v) is 3.94. The van der Waals surface area contributed by atoms with Crippen molar-refractivity contribution in [3.05, 3.63) is 59.4 Å². The van der Waals surface area contributed by atoms with Crippen LogP contribution in [0.3, 0.4) is 0 Å². The van der Waals surface area contributed by atoms with Crippen LogP contribution in [0.2, 0.25) is 0 Å². The van der Waals surface area contributed by atoms with Crippen molar-refractivity contribution in [2.45, 2.75) is 25.7 Å². The number of furan rings is 1. The fraction of sp³-hybridized carbons (Fsp3) is 0.300. The molecule has 3 aromatic heterocycles. The predicted octanol–water partition coefficient (Wildman–Crippen LogP) is 4.00. The lowest BCUT2D eigenvalue weighted by Gasteiger charge is -2.31. The standard InChI is InChI=1S/C20H21N5O2S/c1-14-13-23-20(28-14)24-19-18(21-8-9-22-19)15-6-10-25(11-7-15)17(26)5-4-16-3-2-12-27-16/h2-5,8-9,12-13,15H,6-7,10-11H2,1H3,(H,22,23,24). The summed E-state index contributed by atoms with van der Waals surface area (Å²) in [5, 5.41) is 4.11. The molecule has 0 saturated carbocycles. The number of hydrogen-bond acceptors (Lipinski definition) is 7. The Kier molecular flexibility index (Phi) is 5.48. The summed E-state index contributed by atoms with van der Waals surface area (Å²) in [5.74, 6) is 1.69. The van der Waals surface area contributed by atoms with E-state index in [1.807, 2.05) is 24.1 Å². The number of rotatable bonds is 5. The van der Waals surface area contributed by atoms with Gasteiger partial charge in [0.2, 0.25) is 5.91 Å². The topological polar surface area (TPSA) is 84.2 Å². The number of aryl methyl sites for hydroxylation is 1. The van der Waals surface area contributed by atoms with E-state index >= 15 is 0 Å². The maximum Gasteiger partial charge on any atom is 0.246 e. The highest BCUT2D eigenvalue weighted by Gasteiger charge is 2.26. The molecule has 0 bridgehead atoms. The molecule has 0 atom stereocenters. The zero-order chi connectivity index (χ0) is 19.3. The van der Waals surface area contributed by atoms with E-state index in [9.17, 15) is 4.79 Å². The minimum atomic E-state index is 0.00519. The van der Waals surface area contributed by atoms with Crippen LogP contribution in [0.25, 0.3) is 6.08 Å². The summed E-state index contributed by atoms with van der Waals surface area (Å²) in [6.07, 6.45) is 11.8. The van der Waals surface area contributed by atoms with E-state index in [-0.39, 0.29) is 11.8 Å². The van der Waals surface area contributed by atoms with Crippen molar-refractivity contribution in [1.82, 2.24) is 19.9 Å². The number of nitrogens with one attached hydrogen (secondary N) is 1. The van der Waals surface area contributed by atoms with Gasteiger partial charge in [-0.1, -0.05) is 0 Å². The maximum atomic E-state index is 12.4. The van der Waals surface area contributed by atoms with E-state index in [0.29, 0.717) is 18.8 Å². The molecule has 1 amide bonds. The highest BCUT2D eigenvalue weighted by molar-refractivity contribution is 7.15. The van der Waals surface area contributed by atoms with Crippen molar-refractivity contribution in [3.8, 4) is 0 Å². The summed E-state index contributed by atoms with van der Waals surface area (Å²) in [7, 11) is 0. The van der Waals surface area contributed by atoms with Crippen LogP contribution in [-0.4, -0.2) is 38.8 Å². The molecular formula is C20H21N5O2S. The third kappa shape index (κ3) is 4.28. The summed E-state index contributed by atoms with van der Waals surface area (Å²) in [6, 6.07) is 3.62. The number of carbonyl (C=O) groups is 1. The number of nitrogens with zero attached hydrogens (tertiary/aromatic N) is 4. The molecule has 3 aromatic rings. The molecule has 1 saturated heterocycles. The fourth-order valence-electron chi connectivity index (χ4n) is 3.28. The number of carbonyl (C=O) groups excluding carboxylic acids is 1. The van der Waals surface area contributed by atoms with Gasteiger partial charge in [-0.25, -0.2) is 9.97 Å². The van der Waals surface area contributed by atoms with Gasteiger partial charge in [0.1, 0.15) is 5.76 Å². The summed E-state index contributed by atoms with van der Waals surface area (Å²) in [4.78, 5) is 28.8. The number of aromatic nitrogens is 3. The second kappa shape index (κ2) is 8.35. The van der Waals surface area contributed by atoms with Gasteiger partial charge in [-0.05, 0) is 38.0 Å². The van der Waals surface area contributed by atoms with Crippen molar-refractivity contribution >= 4 is 34.3 Å². The van der Waals surface area contributed by atoms with Gasteiger partial charge in [0.05, 0.1) is 12.0 Å². The van der Waals surface area contributed by atoms with Crippen LogP contribution in [0.1, 0.15) is 35.1 Å². The lowest BCUT2D eigenvalue weighted by atomic mass is 9.93. The molecule has 1 aliphatic heterocycles. The Labute approximate surface area is 167 Å². The zero-order valence-corrected chi connectivity index (χ0v) is 16.4. The van der Waals surface area contributed by atoms with Crippen LogP contribution >= 0.6 is 11.3 Å². The minimum Gasteiger partial charge on any atom is -0.465 e. The van der Waals surface area contributed by atoms with E-state index in [2.05, 4.69) is 20.3 Å². The number of likely N-dealkylation sites (tertiary alicyclic amines) is 1. The Morgan fingerprint density at radius 1 is 1.29 bits per heavy atom. The number of amides is 1. The molecule has 28 heavy (non-hydrogen) atoms. The quantitative estimate of drug-likeness (QED) is 0.658. The number of anilines is 2. The Hall–Kier alpha value is -3.00. The van der Waals surface area contributed by atoms with E-state index in [1.54, 1.807) is 48.2 Å². The van der Waals surface area contributed by atoms with Crippen LogP contribution < -0.4 is 5.32 Å². The van der Waals surface area contributed by atoms with Gasteiger partial charge in [0.15, 0.2) is 10.9 Å². The zero-order valence-electron chi connectivity index (χ0n) is 15.5. The molecule has 0 radical (unpaired) electrons. The number of thiazole rings is 1. The third-order valence-corrected chi connectivity index (χ3v) is 5.53. The summed E-state index contributed by atoms with van der Waals surface area (Å²) in [5.41, 5.74) is 0.938. The van der Waals surface area contributed by atoms with Gasteiger partial charge in [-0.3, -0.25) is 9.78 Å². The molecule has 0 spiro atoms. The first-order chi connectivity index (χ1) is 13.7. The molecule has 4 heterocycles. The van der Waals surface area contributed by atoms with E-state index < -0.39 is 0 Å². The first-order valence-electron chi connectivity index (χ1n) is 9.20. The van der Waals surface area contributed by atoms with Crippen LogP contribution in [0.15, 0.2) is 47.5 Å². The second-order valence-corrected chi connectivity index (χ2v) is 7.87. The molecular weight excluding hydrogens is 374 g/mol. The Balaban J connectivity index is 1.39. The lowest BCUT2D eigenvalue weighted by molar-refractivity contribution is -0.126. The van der Waals surface area contributed by atoms with Gasteiger partial charge in [-0.2, -0.15) is 0 Å².